The summed E-state index contributed by atoms with van der Waals surface area (Å²) in [6.45, 7) is 7.62. The Morgan fingerprint density at radius 3 is 2.88 bits per heavy atom. The van der Waals surface area contributed by atoms with E-state index in [4.69, 9.17) is 4.74 Å². The maximum absolute atomic E-state index is 5.50. The van der Waals surface area contributed by atoms with Crippen molar-refractivity contribution in [1.29, 1.82) is 0 Å². The summed E-state index contributed by atoms with van der Waals surface area (Å²) in [5, 5.41) is 3.56. The van der Waals surface area contributed by atoms with E-state index in [0.29, 0.717) is 11.3 Å². The molecule has 1 aliphatic heterocycles. The summed E-state index contributed by atoms with van der Waals surface area (Å²) in [6, 6.07) is 2.10. The van der Waals surface area contributed by atoms with Crippen molar-refractivity contribution in [1.82, 2.24) is 19.5 Å². The predicted molar refractivity (Wildman–Crippen MR) is 92.1 cm³/mol. The number of nitrogens with one attached hydrogen (secondary N) is 1. The molecule has 2 aromatic heterocycles. The van der Waals surface area contributed by atoms with Crippen LogP contribution in [0.5, 0.6) is 0 Å². The van der Waals surface area contributed by atoms with Crippen LogP contribution in [0.15, 0.2) is 18.5 Å². The van der Waals surface area contributed by atoms with Crippen LogP contribution in [0, 0.1) is 19.3 Å². The Morgan fingerprint density at radius 2 is 2.21 bits per heavy atom. The van der Waals surface area contributed by atoms with E-state index in [1.807, 2.05) is 13.1 Å². The first-order valence-corrected chi connectivity index (χ1v) is 8.79. The molecule has 1 atom stereocenters. The van der Waals surface area contributed by atoms with Gasteiger partial charge in [-0.15, -0.1) is 0 Å². The van der Waals surface area contributed by atoms with Gasteiger partial charge in [0.2, 0.25) is 0 Å². The van der Waals surface area contributed by atoms with Crippen LogP contribution in [0.25, 0.3) is 0 Å². The van der Waals surface area contributed by atoms with Crippen LogP contribution >= 0.6 is 0 Å². The van der Waals surface area contributed by atoms with Gasteiger partial charge < -0.3 is 14.6 Å². The van der Waals surface area contributed by atoms with Crippen LogP contribution in [0.1, 0.15) is 42.5 Å². The number of imidazole rings is 1. The van der Waals surface area contributed by atoms with Crippen LogP contribution in [-0.2, 0) is 11.3 Å². The molecule has 3 heterocycles. The molecular weight excluding hydrogens is 302 g/mol. The summed E-state index contributed by atoms with van der Waals surface area (Å²) in [6.07, 6.45) is 7.51. The number of rotatable bonds is 6. The van der Waals surface area contributed by atoms with Crippen molar-refractivity contribution >= 4 is 5.82 Å². The zero-order chi connectivity index (χ0) is 16.6. The molecule has 0 amide bonds. The van der Waals surface area contributed by atoms with Crippen molar-refractivity contribution < 1.29 is 4.74 Å². The van der Waals surface area contributed by atoms with Gasteiger partial charge in [0.15, 0.2) is 0 Å². The lowest BCUT2D eigenvalue weighted by molar-refractivity contribution is 0.193. The smallest absolute Gasteiger partial charge is 0.129 e. The number of aromatic nitrogens is 4. The Bertz CT molecular complexity index is 716. The molecule has 1 saturated carbocycles. The van der Waals surface area contributed by atoms with Crippen molar-refractivity contribution in [2.24, 2.45) is 5.41 Å². The third kappa shape index (κ3) is 3.29. The topological polar surface area (TPSA) is 64.9 Å². The van der Waals surface area contributed by atoms with E-state index in [0.717, 1.165) is 55.9 Å². The third-order valence-corrected chi connectivity index (χ3v) is 5.24. The van der Waals surface area contributed by atoms with Crippen LogP contribution in [0.3, 0.4) is 0 Å². The van der Waals surface area contributed by atoms with Crippen LogP contribution < -0.4 is 5.32 Å². The highest BCUT2D eigenvalue weighted by atomic mass is 16.5. The molecule has 6 nitrogen and oxygen atoms in total. The zero-order valence-corrected chi connectivity index (χ0v) is 14.5. The molecule has 24 heavy (non-hydrogen) atoms. The van der Waals surface area contributed by atoms with Crippen molar-refractivity contribution in [2.45, 2.75) is 45.6 Å². The molecule has 2 fully saturated rings. The normalized spacial score (nSPS) is 21.8. The minimum atomic E-state index is 0.334. The summed E-state index contributed by atoms with van der Waals surface area (Å²) >= 11 is 0. The van der Waals surface area contributed by atoms with E-state index in [9.17, 15) is 0 Å². The van der Waals surface area contributed by atoms with Gasteiger partial charge in [0.1, 0.15) is 17.5 Å². The number of nitrogens with zero attached hydrogens (tertiary/aromatic N) is 4. The lowest BCUT2D eigenvalue weighted by atomic mass is 10.0. The summed E-state index contributed by atoms with van der Waals surface area (Å²) in [5.41, 5.74) is 1.44. The summed E-state index contributed by atoms with van der Waals surface area (Å²) < 4.78 is 7.75. The van der Waals surface area contributed by atoms with Gasteiger partial charge in [0.05, 0.1) is 12.3 Å². The van der Waals surface area contributed by atoms with E-state index in [-0.39, 0.29) is 0 Å². The van der Waals surface area contributed by atoms with Gasteiger partial charge in [-0.1, -0.05) is 0 Å². The van der Waals surface area contributed by atoms with E-state index in [1.165, 1.54) is 12.8 Å². The van der Waals surface area contributed by atoms with E-state index in [1.54, 1.807) is 0 Å². The molecule has 0 spiro atoms. The fourth-order valence-electron chi connectivity index (χ4n) is 3.44. The molecule has 6 heteroatoms. The molecule has 1 unspecified atom stereocenters. The molecule has 128 valence electrons. The lowest BCUT2D eigenvalue weighted by Crippen LogP contribution is -2.22. The fraction of sp³-hybridized carbons (Fsp3) is 0.611. The van der Waals surface area contributed by atoms with Gasteiger partial charge in [0.25, 0.3) is 0 Å². The molecule has 1 aliphatic carbocycles. The highest BCUT2D eigenvalue weighted by molar-refractivity contribution is 5.38. The second kappa shape index (κ2) is 6.16. The number of aryl methyl sites for hydroxylation is 2. The van der Waals surface area contributed by atoms with Crippen molar-refractivity contribution in [2.75, 3.05) is 25.1 Å². The van der Waals surface area contributed by atoms with Gasteiger partial charge in [-0.2, -0.15) is 0 Å². The molecule has 2 aliphatic rings. The minimum Gasteiger partial charge on any atom is -0.381 e. The number of ether oxygens (including phenoxy) is 1. The van der Waals surface area contributed by atoms with Crippen molar-refractivity contribution in [3.8, 4) is 0 Å². The Kier molecular flexibility index (Phi) is 4.00. The standard InChI is InChI=1S/C18H25N5O/c1-13-21-16(15-3-8-24-10-15)9-17(22-13)20-11-18(4-5-18)12-23-7-6-19-14(23)2/h6-7,9,15H,3-5,8,10-12H2,1-2H3,(H,20,21,22). The predicted octanol–water partition coefficient (Wildman–Crippen LogP) is 2.69. The van der Waals surface area contributed by atoms with E-state index >= 15 is 0 Å². The first kappa shape index (κ1) is 15.6. The molecule has 0 bridgehead atoms. The summed E-state index contributed by atoms with van der Waals surface area (Å²) in [5.74, 6) is 3.27. The van der Waals surface area contributed by atoms with Gasteiger partial charge in [-0.05, 0) is 33.1 Å². The second-order valence-corrected chi connectivity index (χ2v) is 7.24. The van der Waals surface area contributed by atoms with Crippen LogP contribution in [0.2, 0.25) is 0 Å². The molecule has 0 radical (unpaired) electrons. The van der Waals surface area contributed by atoms with Crippen LogP contribution in [0.4, 0.5) is 5.82 Å². The molecule has 0 aromatic carbocycles. The first-order chi connectivity index (χ1) is 11.6. The Labute approximate surface area is 142 Å². The van der Waals surface area contributed by atoms with E-state index in [2.05, 4.69) is 44.0 Å². The lowest BCUT2D eigenvalue weighted by Gasteiger charge is -2.19. The molecule has 1 N–H and O–H groups in total. The van der Waals surface area contributed by atoms with E-state index < -0.39 is 0 Å². The van der Waals surface area contributed by atoms with Crippen molar-refractivity contribution in [3.05, 3.63) is 35.8 Å². The van der Waals surface area contributed by atoms with Gasteiger partial charge in [0, 0.05) is 49.5 Å². The summed E-state index contributed by atoms with van der Waals surface area (Å²) in [7, 11) is 0. The maximum atomic E-state index is 5.50. The second-order valence-electron chi connectivity index (χ2n) is 7.24. The van der Waals surface area contributed by atoms with Gasteiger partial charge >= 0.3 is 0 Å². The van der Waals surface area contributed by atoms with Gasteiger partial charge in [-0.3, -0.25) is 0 Å². The van der Waals surface area contributed by atoms with Crippen molar-refractivity contribution in [3.63, 3.8) is 0 Å². The Balaban J connectivity index is 1.43. The Morgan fingerprint density at radius 1 is 1.33 bits per heavy atom. The highest BCUT2D eigenvalue weighted by Gasteiger charge is 2.43. The Hall–Kier alpha value is -1.95. The van der Waals surface area contributed by atoms with Crippen LogP contribution in [-0.4, -0.2) is 39.3 Å². The average molecular weight is 327 g/mol. The monoisotopic (exact) mass is 327 g/mol. The molecule has 2 aromatic rings. The SMILES string of the molecule is Cc1nc(NCC2(Cn3ccnc3C)CC2)cc(C2CCOC2)n1. The maximum Gasteiger partial charge on any atom is 0.129 e. The number of anilines is 1. The quantitative estimate of drug-likeness (QED) is 0.884. The summed E-state index contributed by atoms with van der Waals surface area (Å²) in [4.78, 5) is 13.5. The zero-order valence-electron chi connectivity index (χ0n) is 14.5. The largest absolute Gasteiger partial charge is 0.381 e. The van der Waals surface area contributed by atoms with Gasteiger partial charge in [-0.25, -0.2) is 15.0 Å². The minimum absolute atomic E-state index is 0.334. The fourth-order valence-corrected chi connectivity index (χ4v) is 3.44. The molecular formula is C18H25N5O. The molecule has 1 saturated heterocycles. The number of hydrogen-bond donors (Lipinski definition) is 1. The number of hydrogen-bond acceptors (Lipinski definition) is 5. The first-order valence-electron chi connectivity index (χ1n) is 8.79. The average Bonchev–Trinajstić information content (AvgIpc) is 2.96. The third-order valence-electron chi connectivity index (χ3n) is 5.24. The molecule has 4 rings (SSSR count). The highest BCUT2D eigenvalue weighted by Crippen LogP contribution is 2.47.